The molecule has 1 saturated heterocycles. The lowest BCUT2D eigenvalue weighted by molar-refractivity contribution is -0.0212. The number of ether oxygens (including phenoxy) is 1. The fourth-order valence-electron chi connectivity index (χ4n) is 4.89. The third kappa shape index (κ3) is 4.05. The fraction of sp³-hybridized carbons (Fsp3) is 0.636. The van der Waals surface area contributed by atoms with Crippen molar-refractivity contribution < 1.29 is 14.1 Å². The van der Waals surface area contributed by atoms with E-state index in [0.29, 0.717) is 29.2 Å². The first-order chi connectivity index (χ1) is 14.6. The van der Waals surface area contributed by atoms with E-state index in [1.165, 1.54) is 12.8 Å². The molecule has 3 aliphatic rings. The number of nitrogens with one attached hydrogen (secondary N) is 1. The summed E-state index contributed by atoms with van der Waals surface area (Å²) in [6.45, 7) is 6.50. The van der Waals surface area contributed by atoms with Crippen LogP contribution in [-0.4, -0.2) is 52.9 Å². The van der Waals surface area contributed by atoms with Crippen LogP contribution >= 0.6 is 0 Å². The second-order valence-electron chi connectivity index (χ2n) is 9.08. The second kappa shape index (κ2) is 7.98. The molecule has 2 aliphatic carbocycles. The standard InChI is InChI=1S/C22H29N5O3/c1-13-7-19(26-30-13)22(28)25-18-8-16-10-27(21-14(2)23-5-6-24-21)11-17(16)9-20(18)29-12-15-3-4-15/h5-7,15-18,20H,3-4,8-12H2,1-2H3,(H,25,28)/t16-,17+,18-,20-/m0/s1. The zero-order valence-electron chi connectivity index (χ0n) is 17.6. The summed E-state index contributed by atoms with van der Waals surface area (Å²) in [5.41, 5.74) is 1.29. The van der Waals surface area contributed by atoms with Crippen LogP contribution in [0.25, 0.3) is 0 Å². The molecule has 2 aromatic heterocycles. The zero-order valence-corrected chi connectivity index (χ0v) is 17.6. The van der Waals surface area contributed by atoms with Crippen LogP contribution in [0.3, 0.4) is 0 Å². The van der Waals surface area contributed by atoms with Crippen molar-refractivity contribution in [1.29, 1.82) is 0 Å². The number of anilines is 1. The molecule has 0 unspecified atom stereocenters. The largest absolute Gasteiger partial charge is 0.376 e. The molecule has 0 aromatic carbocycles. The van der Waals surface area contributed by atoms with Gasteiger partial charge in [0.15, 0.2) is 5.69 Å². The van der Waals surface area contributed by atoms with Gasteiger partial charge in [-0.1, -0.05) is 5.16 Å². The van der Waals surface area contributed by atoms with Crippen molar-refractivity contribution in [3.05, 3.63) is 35.6 Å². The lowest BCUT2D eigenvalue weighted by atomic mass is 9.77. The van der Waals surface area contributed by atoms with Crippen molar-refractivity contribution in [2.75, 3.05) is 24.6 Å². The van der Waals surface area contributed by atoms with Crippen LogP contribution in [0.2, 0.25) is 0 Å². The summed E-state index contributed by atoms with van der Waals surface area (Å²) < 4.78 is 11.4. The third-order valence-corrected chi connectivity index (χ3v) is 6.69. The van der Waals surface area contributed by atoms with Gasteiger partial charge in [0.1, 0.15) is 11.6 Å². The average Bonchev–Trinajstić information content (AvgIpc) is 3.31. The third-order valence-electron chi connectivity index (χ3n) is 6.69. The Labute approximate surface area is 176 Å². The molecule has 1 aliphatic heterocycles. The summed E-state index contributed by atoms with van der Waals surface area (Å²) in [4.78, 5) is 24.0. The van der Waals surface area contributed by atoms with Gasteiger partial charge in [-0.3, -0.25) is 9.78 Å². The number of hydrogen-bond acceptors (Lipinski definition) is 7. The Morgan fingerprint density at radius 2 is 1.97 bits per heavy atom. The van der Waals surface area contributed by atoms with Gasteiger partial charge in [0.25, 0.3) is 5.91 Å². The molecule has 8 heteroatoms. The van der Waals surface area contributed by atoms with Gasteiger partial charge < -0.3 is 19.5 Å². The number of hydrogen-bond donors (Lipinski definition) is 1. The molecule has 4 atom stereocenters. The quantitative estimate of drug-likeness (QED) is 0.781. The Morgan fingerprint density at radius 3 is 2.67 bits per heavy atom. The lowest BCUT2D eigenvalue weighted by Crippen LogP contribution is -2.50. The maximum Gasteiger partial charge on any atom is 0.273 e. The molecular weight excluding hydrogens is 382 g/mol. The highest BCUT2D eigenvalue weighted by Gasteiger charge is 2.44. The summed E-state index contributed by atoms with van der Waals surface area (Å²) >= 11 is 0. The highest BCUT2D eigenvalue weighted by Crippen LogP contribution is 2.40. The number of carbonyl (C=O) groups is 1. The molecule has 8 nitrogen and oxygen atoms in total. The van der Waals surface area contributed by atoms with Gasteiger partial charge >= 0.3 is 0 Å². The Hall–Kier alpha value is -2.48. The predicted molar refractivity (Wildman–Crippen MR) is 110 cm³/mol. The van der Waals surface area contributed by atoms with Crippen LogP contribution in [0, 0.1) is 31.6 Å². The van der Waals surface area contributed by atoms with E-state index in [4.69, 9.17) is 9.26 Å². The summed E-state index contributed by atoms with van der Waals surface area (Å²) in [5.74, 6) is 3.15. The Balaban J connectivity index is 1.30. The first-order valence-corrected chi connectivity index (χ1v) is 10.9. The molecule has 3 heterocycles. The van der Waals surface area contributed by atoms with Crippen LogP contribution in [0.4, 0.5) is 5.82 Å². The lowest BCUT2D eigenvalue weighted by Gasteiger charge is -2.38. The van der Waals surface area contributed by atoms with Gasteiger partial charge in [0.2, 0.25) is 0 Å². The molecule has 3 fully saturated rings. The first kappa shape index (κ1) is 19.5. The van der Waals surface area contributed by atoms with Crippen molar-refractivity contribution in [3.8, 4) is 0 Å². The van der Waals surface area contributed by atoms with Crippen molar-refractivity contribution in [2.24, 2.45) is 17.8 Å². The van der Waals surface area contributed by atoms with Gasteiger partial charge in [-0.2, -0.15) is 0 Å². The monoisotopic (exact) mass is 411 g/mol. The molecule has 1 N–H and O–H groups in total. The number of aromatic nitrogens is 3. The van der Waals surface area contributed by atoms with Crippen LogP contribution < -0.4 is 10.2 Å². The number of rotatable bonds is 6. The van der Waals surface area contributed by atoms with E-state index in [9.17, 15) is 4.79 Å². The SMILES string of the molecule is Cc1cc(C(=O)N[C@H]2C[C@H]3CN(c4nccnc4C)C[C@H]3C[C@@H]2OCC2CC2)no1. The maximum absolute atomic E-state index is 12.7. The van der Waals surface area contributed by atoms with Crippen molar-refractivity contribution in [2.45, 2.75) is 51.7 Å². The van der Waals surface area contributed by atoms with Gasteiger partial charge in [-0.25, -0.2) is 4.98 Å². The topological polar surface area (TPSA) is 93.4 Å². The highest BCUT2D eigenvalue weighted by molar-refractivity contribution is 5.92. The van der Waals surface area contributed by atoms with Gasteiger partial charge in [-0.05, 0) is 57.3 Å². The minimum Gasteiger partial charge on any atom is -0.376 e. The summed E-state index contributed by atoms with van der Waals surface area (Å²) in [7, 11) is 0. The number of carbonyl (C=O) groups excluding carboxylic acids is 1. The molecule has 2 aromatic rings. The Bertz CT molecular complexity index is 912. The van der Waals surface area contributed by atoms with E-state index in [1.807, 2.05) is 6.92 Å². The second-order valence-corrected chi connectivity index (χ2v) is 9.08. The molecule has 30 heavy (non-hydrogen) atoms. The zero-order chi connectivity index (χ0) is 20.7. The van der Waals surface area contributed by atoms with Crippen LogP contribution in [0.5, 0.6) is 0 Å². The maximum atomic E-state index is 12.7. The van der Waals surface area contributed by atoms with E-state index in [-0.39, 0.29) is 18.1 Å². The Kier molecular flexibility index (Phi) is 5.18. The summed E-state index contributed by atoms with van der Waals surface area (Å²) in [6.07, 6.45) is 7.90. The van der Waals surface area contributed by atoms with E-state index < -0.39 is 0 Å². The number of amides is 1. The van der Waals surface area contributed by atoms with Gasteiger partial charge in [0.05, 0.1) is 17.8 Å². The van der Waals surface area contributed by atoms with Crippen molar-refractivity contribution in [3.63, 3.8) is 0 Å². The number of aryl methyl sites for hydroxylation is 2. The molecule has 0 spiro atoms. The smallest absolute Gasteiger partial charge is 0.273 e. The predicted octanol–water partition coefficient (Wildman–Crippen LogP) is 2.52. The number of nitrogens with zero attached hydrogens (tertiary/aromatic N) is 4. The molecule has 0 radical (unpaired) electrons. The minimum atomic E-state index is -0.185. The highest BCUT2D eigenvalue weighted by atomic mass is 16.5. The van der Waals surface area contributed by atoms with Crippen molar-refractivity contribution in [1.82, 2.24) is 20.4 Å². The molecular formula is C22H29N5O3. The molecule has 1 amide bonds. The van der Waals surface area contributed by atoms with E-state index in [0.717, 1.165) is 44.0 Å². The molecule has 5 rings (SSSR count). The summed E-state index contributed by atoms with van der Waals surface area (Å²) in [6, 6.07) is 1.66. The van der Waals surface area contributed by atoms with Gasteiger partial charge in [-0.15, -0.1) is 0 Å². The average molecular weight is 412 g/mol. The molecule has 160 valence electrons. The first-order valence-electron chi connectivity index (χ1n) is 10.9. The Morgan fingerprint density at radius 1 is 1.20 bits per heavy atom. The molecule has 0 bridgehead atoms. The number of fused-ring (bicyclic) bond motifs is 1. The van der Waals surface area contributed by atoms with E-state index >= 15 is 0 Å². The van der Waals surface area contributed by atoms with Crippen LogP contribution in [0.15, 0.2) is 23.0 Å². The van der Waals surface area contributed by atoms with Crippen LogP contribution in [-0.2, 0) is 4.74 Å². The van der Waals surface area contributed by atoms with Gasteiger partial charge in [0, 0.05) is 38.2 Å². The van der Waals surface area contributed by atoms with E-state index in [1.54, 1.807) is 25.4 Å². The molecule has 2 saturated carbocycles. The van der Waals surface area contributed by atoms with Crippen LogP contribution in [0.1, 0.15) is 47.6 Å². The fourth-order valence-corrected chi connectivity index (χ4v) is 4.89. The summed E-state index contributed by atoms with van der Waals surface area (Å²) in [5, 5.41) is 7.06. The minimum absolute atomic E-state index is 0.0163. The van der Waals surface area contributed by atoms with Crippen molar-refractivity contribution >= 4 is 11.7 Å². The normalized spacial score (nSPS) is 28.4. The van der Waals surface area contributed by atoms with E-state index in [2.05, 4.69) is 25.3 Å².